The van der Waals surface area contributed by atoms with Crippen molar-refractivity contribution in [3.8, 4) is 5.69 Å². The van der Waals surface area contributed by atoms with Gasteiger partial charge in [-0.25, -0.2) is 9.18 Å². The summed E-state index contributed by atoms with van der Waals surface area (Å²) in [5.41, 5.74) is 0.379. The maximum Gasteiger partial charge on any atom is 0.336 e. The van der Waals surface area contributed by atoms with Crippen molar-refractivity contribution in [2.24, 2.45) is 7.05 Å². The Labute approximate surface area is 211 Å². The lowest BCUT2D eigenvalue weighted by Crippen LogP contribution is -2.41. The van der Waals surface area contributed by atoms with Gasteiger partial charge in [0.2, 0.25) is 5.91 Å². The summed E-state index contributed by atoms with van der Waals surface area (Å²) >= 11 is 0. The normalized spacial score (nSPS) is 13.1. The Hall–Kier alpha value is -4.41. The number of nitrogens with zero attached hydrogens (tertiary/aromatic N) is 3. The highest BCUT2D eigenvalue weighted by atomic mass is 19.1. The fourth-order valence-electron chi connectivity index (χ4n) is 4.63. The van der Waals surface area contributed by atoms with Gasteiger partial charge in [0.15, 0.2) is 0 Å². The smallest absolute Gasteiger partial charge is 0.336 e. The molecule has 0 saturated heterocycles. The number of anilines is 3. The average molecular weight is 501 g/mol. The molecule has 0 atom stereocenters. The van der Waals surface area contributed by atoms with Crippen LogP contribution in [0.15, 0.2) is 56.8 Å². The minimum atomic E-state index is -0.580. The maximum absolute atomic E-state index is 14.8. The van der Waals surface area contributed by atoms with Crippen LogP contribution < -0.4 is 32.9 Å². The Kier molecular flexibility index (Phi) is 5.85. The van der Waals surface area contributed by atoms with Crippen LogP contribution in [-0.4, -0.2) is 27.5 Å². The molecule has 1 aliphatic carbocycles. The number of carbonyl (C=O) groups is 1. The molecule has 0 radical (unpaired) electrons. The van der Waals surface area contributed by atoms with Gasteiger partial charge < -0.3 is 10.6 Å². The van der Waals surface area contributed by atoms with Crippen molar-refractivity contribution in [2.45, 2.75) is 32.7 Å². The summed E-state index contributed by atoms with van der Waals surface area (Å²) in [5.74, 6) is -0.742. The molecule has 1 aliphatic rings. The van der Waals surface area contributed by atoms with Crippen LogP contribution in [0.5, 0.6) is 0 Å². The van der Waals surface area contributed by atoms with Gasteiger partial charge in [-0.2, -0.15) is 0 Å². The Morgan fingerprint density at radius 1 is 1.08 bits per heavy atom. The molecule has 5 rings (SSSR count). The minimum absolute atomic E-state index is 0.0829. The highest BCUT2D eigenvalue weighted by Crippen LogP contribution is 2.34. The number of aromatic nitrogens is 3. The first kappa shape index (κ1) is 24.3. The zero-order valence-corrected chi connectivity index (χ0v) is 20.9. The molecule has 1 fully saturated rings. The summed E-state index contributed by atoms with van der Waals surface area (Å²) in [6.07, 6.45) is 1.35. The van der Waals surface area contributed by atoms with Crippen molar-refractivity contribution in [3.63, 3.8) is 0 Å². The molecule has 4 aromatic rings. The summed E-state index contributed by atoms with van der Waals surface area (Å²) in [5, 5.41) is 5.73. The molecule has 0 aliphatic heterocycles. The second-order valence-electron chi connectivity index (χ2n) is 9.43. The number of benzene rings is 2. The van der Waals surface area contributed by atoms with Crippen molar-refractivity contribution in [1.29, 1.82) is 0 Å². The minimum Gasteiger partial charge on any atom is -0.338 e. The van der Waals surface area contributed by atoms with Gasteiger partial charge in [-0.15, -0.1) is 0 Å². The quantitative estimate of drug-likeness (QED) is 0.404. The lowest BCUT2D eigenvalue weighted by Gasteiger charge is -2.21. The van der Waals surface area contributed by atoms with Gasteiger partial charge in [-0.3, -0.25) is 28.1 Å². The lowest BCUT2D eigenvalue weighted by atomic mass is 9.96. The number of hydrogen-bond acceptors (Lipinski definition) is 5. The largest absolute Gasteiger partial charge is 0.338 e. The topological polar surface area (TPSA) is 107 Å². The van der Waals surface area contributed by atoms with Crippen LogP contribution in [0.2, 0.25) is 0 Å². The first-order valence-corrected chi connectivity index (χ1v) is 11.9. The van der Waals surface area contributed by atoms with E-state index in [0.29, 0.717) is 24.2 Å². The molecule has 1 amide bonds. The van der Waals surface area contributed by atoms with E-state index in [9.17, 15) is 23.6 Å². The van der Waals surface area contributed by atoms with Gasteiger partial charge >= 0.3 is 5.69 Å². The van der Waals surface area contributed by atoms with E-state index in [4.69, 9.17) is 0 Å². The molecule has 2 aromatic heterocycles. The molecule has 37 heavy (non-hydrogen) atoms. The molecule has 9 nitrogen and oxygen atoms in total. The molecule has 1 saturated carbocycles. The van der Waals surface area contributed by atoms with Crippen molar-refractivity contribution in [1.82, 2.24) is 13.7 Å². The molecule has 11 heteroatoms. The van der Waals surface area contributed by atoms with Crippen molar-refractivity contribution < 1.29 is 9.18 Å². The summed E-state index contributed by atoms with van der Waals surface area (Å²) in [7, 11) is 3.25. The third-order valence-corrected chi connectivity index (χ3v) is 6.56. The fraction of sp³-hybridized carbons (Fsp3) is 0.231. The second kappa shape index (κ2) is 8.92. The van der Waals surface area contributed by atoms with E-state index in [1.165, 1.54) is 39.8 Å². The highest BCUT2D eigenvalue weighted by Gasteiger charge is 2.31. The van der Waals surface area contributed by atoms with Gasteiger partial charge in [-0.1, -0.05) is 17.6 Å². The average Bonchev–Trinajstić information content (AvgIpc) is 3.67. The number of pyridine rings is 1. The van der Waals surface area contributed by atoms with Crippen LogP contribution >= 0.6 is 0 Å². The van der Waals surface area contributed by atoms with Gasteiger partial charge in [-0.05, 0) is 50.1 Å². The predicted octanol–water partition coefficient (Wildman–Crippen LogP) is 1.59. The van der Waals surface area contributed by atoms with Crippen molar-refractivity contribution in [2.75, 3.05) is 10.6 Å². The van der Waals surface area contributed by atoms with Crippen molar-refractivity contribution in [3.05, 3.63) is 85.0 Å². The van der Waals surface area contributed by atoms with E-state index >= 15 is 0 Å². The van der Waals surface area contributed by atoms with Gasteiger partial charge in [0.05, 0.1) is 16.9 Å². The number of nitrogens with one attached hydrogen (secondary N) is 2. The first-order chi connectivity index (χ1) is 17.6. The van der Waals surface area contributed by atoms with Crippen LogP contribution in [0.4, 0.5) is 21.6 Å². The molecular weight excluding hydrogens is 476 g/mol. The monoisotopic (exact) mass is 501 g/mol. The van der Waals surface area contributed by atoms with E-state index in [1.54, 1.807) is 45.1 Å². The van der Waals surface area contributed by atoms with Crippen LogP contribution in [0, 0.1) is 12.7 Å². The molecule has 2 heterocycles. The third-order valence-electron chi connectivity index (χ3n) is 6.56. The SMILES string of the molecule is Bc1ccc(Nc2c3c(=O)n(C4CC4)c(=O)n(-c4cccc(NC(C)=O)c4)c3c(C)c(=O)n2C)c(F)c1. The zero-order valence-electron chi connectivity index (χ0n) is 20.9. The zero-order chi connectivity index (χ0) is 26.6. The van der Waals surface area contributed by atoms with Crippen LogP contribution in [0.3, 0.4) is 0 Å². The number of hydrogen-bond donors (Lipinski definition) is 2. The second-order valence-corrected chi connectivity index (χ2v) is 9.43. The Morgan fingerprint density at radius 2 is 1.81 bits per heavy atom. The van der Waals surface area contributed by atoms with Gasteiger partial charge in [0, 0.05) is 31.3 Å². The van der Waals surface area contributed by atoms with Crippen LogP contribution in [0.1, 0.15) is 31.4 Å². The van der Waals surface area contributed by atoms with Gasteiger partial charge in [0.25, 0.3) is 11.1 Å². The number of carbonyl (C=O) groups excluding carboxylic acids is 1. The summed E-state index contributed by atoms with van der Waals surface area (Å²) in [6, 6.07) is 10.9. The Balaban J connectivity index is 1.90. The number of aryl methyl sites for hydroxylation is 1. The summed E-state index contributed by atoms with van der Waals surface area (Å²) < 4.78 is 18.6. The predicted molar refractivity (Wildman–Crippen MR) is 144 cm³/mol. The molecule has 2 aromatic carbocycles. The Bertz CT molecular complexity index is 1790. The van der Waals surface area contributed by atoms with E-state index in [1.807, 2.05) is 0 Å². The number of halogens is 1. The van der Waals surface area contributed by atoms with Gasteiger partial charge in [0.1, 0.15) is 24.9 Å². The lowest BCUT2D eigenvalue weighted by molar-refractivity contribution is -0.114. The molecule has 2 N–H and O–H groups in total. The highest BCUT2D eigenvalue weighted by molar-refractivity contribution is 6.32. The third kappa shape index (κ3) is 4.16. The Morgan fingerprint density at radius 3 is 2.46 bits per heavy atom. The number of fused-ring (bicyclic) bond motifs is 1. The molecule has 0 bridgehead atoms. The molecule has 0 unspecified atom stereocenters. The van der Waals surface area contributed by atoms with Crippen LogP contribution in [0.25, 0.3) is 16.6 Å². The molecule has 188 valence electrons. The number of rotatable bonds is 5. The summed E-state index contributed by atoms with van der Waals surface area (Å²) in [6.45, 7) is 2.92. The van der Waals surface area contributed by atoms with E-state index in [2.05, 4.69) is 10.6 Å². The summed E-state index contributed by atoms with van der Waals surface area (Å²) in [4.78, 5) is 52.6. The van der Waals surface area contributed by atoms with Crippen molar-refractivity contribution >= 4 is 47.3 Å². The standard InChI is InChI=1S/C26H25BFN5O4/c1-13-22-21(23(31(3)24(13)35)30-20-10-7-15(27)11-19(20)28)25(36)33(17-8-9-17)26(37)32(22)18-6-4-5-16(12-18)29-14(2)34/h4-7,10-12,17,30H,8-9,27H2,1-3H3,(H,29,34). The van der Waals surface area contributed by atoms with E-state index in [0.717, 1.165) is 5.46 Å². The van der Waals surface area contributed by atoms with Crippen LogP contribution in [-0.2, 0) is 11.8 Å². The number of amides is 1. The molecular formula is C26H25BFN5O4. The molecule has 0 spiro atoms. The maximum atomic E-state index is 14.8. The van der Waals surface area contributed by atoms with E-state index in [-0.39, 0.29) is 39.9 Å². The first-order valence-electron chi connectivity index (χ1n) is 11.9. The fourth-order valence-corrected chi connectivity index (χ4v) is 4.63. The van der Waals surface area contributed by atoms with E-state index < -0.39 is 22.6 Å².